The molecule has 0 aromatic heterocycles. The van der Waals surface area contributed by atoms with Gasteiger partial charge >= 0.3 is 0 Å². The van der Waals surface area contributed by atoms with Crippen LogP contribution in [0.25, 0.3) is 0 Å². The van der Waals surface area contributed by atoms with E-state index in [9.17, 15) is 10.2 Å². The van der Waals surface area contributed by atoms with Gasteiger partial charge in [-0.25, -0.2) is 0 Å². The molecule has 0 aliphatic heterocycles. The van der Waals surface area contributed by atoms with Gasteiger partial charge in [0.1, 0.15) is 0 Å². The molecule has 0 bridgehead atoms. The summed E-state index contributed by atoms with van der Waals surface area (Å²) in [7, 11) is 0. The van der Waals surface area contributed by atoms with Crippen LogP contribution in [-0.4, -0.2) is 21.9 Å². The maximum absolute atomic E-state index is 9.82. The van der Waals surface area contributed by atoms with E-state index < -0.39 is 11.7 Å². The molecule has 0 fully saturated rings. The summed E-state index contributed by atoms with van der Waals surface area (Å²) in [6.45, 7) is 7.10. The van der Waals surface area contributed by atoms with Gasteiger partial charge in [-0.05, 0) is 12.8 Å². The van der Waals surface area contributed by atoms with E-state index in [-0.39, 0.29) is 0 Å². The summed E-state index contributed by atoms with van der Waals surface area (Å²) >= 11 is 0. The minimum absolute atomic E-state index is 0.491. The highest BCUT2D eigenvalue weighted by atomic mass is 16.3. The molecule has 2 atom stereocenters. The van der Waals surface area contributed by atoms with Crippen LogP contribution in [-0.2, 0) is 0 Å². The molecule has 12 heavy (non-hydrogen) atoms. The first-order valence-corrected chi connectivity index (χ1v) is 4.30. The molecule has 2 N–H and O–H groups in total. The Labute approximate surface area is 74.6 Å². The summed E-state index contributed by atoms with van der Waals surface area (Å²) in [5.41, 5.74) is -1.26. The van der Waals surface area contributed by atoms with Gasteiger partial charge in [0.25, 0.3) is 0 Å². The SMILES string of the molecule is [CH2]C#CC(O)(CCC)C(O)CC. The van der Waals surface area contributed by atoms with Crippen LogP contribution in [0, 0.1) is 18.8 Å². The highest BCUT2D eigenvalue weighted by Crippen LogP contribution is 2.18. The molecule has 1 radical (unpaired) electrons. The van der Waals surface area contributed by atoms with E-state index in [0.29, 0.717) is 12.8 Å². The molecule has 0 saturated carbocycles. The molecule has 0 rings (SSSR count). The van der Waals surface area contributed by atoms with Gasteiger partial charge < -0.3 is 10.2 Å². The van der Waals surface area contributed by atoms with Gasteiger partial charge in [0.05, 0.1) is 6.10 Å². The molecule has 2 heteroatoms. The first-order chi connectivity index (χ1) is 5.60. The highest BCUT2D eigenvalue weighted by molar-refractivity contribution is 5.17. The summed E-state index contributed by atoms with van der Waals surface area (Å²) in [6, 6.07) is 0. The molecular weight excluding hydrogens is 152 g/mol. The standard InChI is InChI=1S/C10H17O2/c1-4-7-10(12,8-5-2)9(11)6-3/h9,11-12H,1,5-6,8H2,2-3H3. The largest absolute Gasteiger partial charge is 0.389 e. The van der Waals surface area contributed by atoms with Gasteiger partial charge in [0.2, 0.25) is 0 Å². The molecule has 2 unspecified atom stereocenters. The van der Waals surface area contributed by atoms with Crippen molar-refractivity contribution in [3.8, 4) is 11.8 Å². The maximum atomic E-state index is 9.82. The Morgan fingerprint density at radius 3 is 2.42 bits per heavy atom. The molecule has 0 aliphatic rings. The van der Waals surface area contributed by atoms with Crippen molar-refractivity contribution in [2.75, 3.05) is 0 Å². The van der Waals surface area contributed by atoms with Crippen LogP contribution in [0.5, 0.6) is 0 Å². The molecular formula is C10H17O2. The number of aliphatic hydroxyl groups is 2. The molecule has 0 aliphatic carbocycles. The van der Waals surface area contributed by atoms with E-state index in [4.69, 9.17) is 0 Å². The van der Waals surface area contributed by atoms with E-state index in [1.54, 1.807) is 0 Å². The van der Waals surface area contributed by atoms with E-state index in [1.165, 1.54) is 0 Å². The lowest BCUT2D eigenvalue weighted by atomic mass is 9.90. The van der Waals surface area contributed by atoms with Crippen molar-refractivity contribution in [1.82, 2.24) is 0 Å². The Kier molecular flexibility index (Phi) is 4.96. The molecule has 0 aromatic carbocycles. The molecule has 0 spiro atoms. The van der Waals surface area contributed by atoms with Crippen molar-refractivity contribution in [1.29, 1.82) is 0 Å². The fourth-order valence-corrected chi connectivity index (χ4v) is 1.18. The lowest BCUT2D eigenvalue weighted by Gasteiger charge is -2.26. The fourth-order valence-electron chi connectivity index (χ4n) is 1.18. The van der Waals surface area contributed by atoms with Crippen LogP contribution < -0.4 is 0 Å². The molecule has 2 nitrogen and oxygen atoms in total. The first-order valence-electron chi connectivity index (χ1n) is 4.30. The van der Waals surface area contributed by atoms with Crippen LogP contribution in [0.3, 0.4) is 0 Å². The highest BCUT2D eigenvalue weighted by Gasteiger charge is 2.31. The fraction of sp³-hybridized carbons (Fsp3) is 0.700. The average molecular weight is 169 g/mol. The third-order valence-electron chi connectivity index (χ3n) is 1.87. The smallest absolute Gasteiger partial charge is 0.151 e. The van der Waals surface area contributed by atoms with Crippen LogP contribution in [0.1, 0.15) is 33.1 Å². The van der Waals surface area contributed by atoms with Gasteiger partial charge in [-0.2, -0.15) is 0 Å². The summed E-state index contributed by atoms with van der Waals surface area (Å²) in [5.74, 6) is 4.95. The summed E-state index contributed by atoms with van der Waals surface area (Å²) in [5, 5.41) is 19.3. The zero-order valence-corrected chi connectivity index (χ0v) is 7.80. The number of rotatable bonds is 4. The van der Waals surface area contributed by atoms with Crippen molar-refractivity contribution < 1.29 is 10.2 Å². The number of hydrogen-bond acceptors (Lipinski definition) is 2. The predicted molar refractivity (Wildman–Crippen MR) is 49.3 cm³/mol. The maximum Gasteiger partial charge on any atom is 0.151 e. The van der Waals surface area contributed by atoms with Crippen molar-refractivity contribution in [2.45, 2.75) is 44.8 Å². The topological polar surface area (TPSA) is 40.5 Å². The minimum atomic E-state index is -1.26. The van der Waals surface area contributed by atoms with Gasteiger partial charge in [-0.15, -0.1) is 0 Å². The second kappa shape index (κ2) is 5.18. The zero-order chi connectivity index (χ0) is 9.61. The average Bonchev–Trinajstić information content (AvgIpc) is 2.04. The van der Waals surface area contributed by atoms with Crippen LogP contribution >= 0.6 is 0 Å². The summed E-state index contributed by atoms with van der Waals surface area (Å²) in [4.78, 5) is 0. The first kappa shape index (κ1) is 11.5. The van der Waals surface area contributed by atoms with Crippen molar-refractivity contribution >= 4 is 0 Å². The molecule has 0 heterocycles. The summed E-state index contributed by atoms with van der Waals surface area (Å²) < 4.78 is 0. The van der Waals surface area contributed by atoms with Crippen LogP contribution in [0.4, 0.5) is 0 Å². The van der Waals surface area contributed by atoms with E-state index in [2.05, 4.69) is 18.8 Å². The van der Waals surface area contributed by atoms with Crippen molar-refractivity contribution in [2.24, 2.45) is 0 Å². The van der Waals surface area contributed by atoms with Gasteiger partial charge in [-0.3, -0.25) is 0 Å². The van der Waals surface area contributed by atoms with Gasteiger partial charge in [-0.1, -0.05) is 32.1 Å². The third-order valence-corrected chi connectivity index (χ3v) is 1.87. The zero-order valence-electron chi connectivity index (χ0n) is 7.80. The third kappa shape index (κ3) is 2.84. The Hall–Kier alpha value is -0.520. The minimum Gasteiger partial charge on any atom is -0.389 e. The Morgan fingerprint density at radius 2 is 2.08 bits per heavy atom. The lowest BCUT2D eigenvalue weighted by Crippen LogP contribution is -2.40. The monoisotopic (exact) mass is 169 g/mol. The number of hydrogen-bond donors (Lipinski definition) is 2. The number of aliphatic hydroxyl groups excluding tert-OH is 1. The lowest BCUT2D eigenvalue weighted by molar-refractivity contribution is -0.0391. The summed E-state index contributed by atoms with van der Waals surface area (Å²) in [6.07, 6.45) is 1.02. The van der Waals surface area contributed by atoms with Crippen molar-refractivity contribution in [3.63, 3.8) is 0 Å². The van der Waals surface area contributed by atoms with Crippen LogP contribution in [0.15, 0.2) is 0 Å². The van der Waals surface area contributed by atoms with Crippen LogP contribution in [0.2, 0.25) is 0 Å². The quantitative estimate of drug-likeness (QED) is 0.619. The normalized spacial score (nSPS) is 17.4. The Balaban J connectivity index is 4.44. The van der Waals surface area contributed by atoms with Crippen molar-refractivity contribution in [3.05, 3.63) is 6.92 Å². The molecule has 0 aromatic rings. The molecule has 0 saturated heterocycles. The Bertz CT molecular complexity index is 178. The second-order valence-electron chi connectivity index (χ2n) is 2.90. The van der Waals surface area contributed by atoms with E-state index >= 15 is 0 Å². The second-order valence-corrected chi connectivity index (χ2v) is 2.90. The van der Waals surface area contributed by atoms with E-state index in [1.807, 2.05) is 13.8 Å². The van der Waals surface area contributed by atoms with Gasteiger partial charge in [0.15, 0.2) is 5.60 Å². The van der Waals surface area contributed by atoms with Gasteiger partial charge in [0, 0.05) is 6.92 Å². The van der Waals surface area contributed by atoms with E-state index in [0.717, 1.165) is 6.42 Å². The predicted octanol–water partition coefficient (Wildman–Crippen LogP) is 1.13. The molecule has 0 amide bonds. The molecule has 69 valence electrons. The Morgan fingerprint density at radius 1 is 1.50 bits per heavy atom.